The molecule has 10 heteroatoms. The minimum Gasteiger partial charge on any atom is -0.325 e. The Morgan fingerprint density at radius 2 is 1.78 bits per heavy atom. The first-order valence-corrected chi connectivity index (χ1v) is 12.5. The van der Waals surface area contributed by atoms with Gasteiger partial charge in [-0.25, -0.2) is 13.6 Å². The molecule has 170 valence electrons. The van der Waals surface area contributed by atoms with Crippen molar-refractivity contribution in [1.29, 1.82) is 0 Å². The number of benzene rings is 2. The summed E-state index contributed by atoms with van der Waals surface area (Å²) >= 11 is 1.24. The minimum absolute atomic E-state index is 0.0154. The van der Waals surface area contributed by atoms with Gasteiger partial charge in [-0.15, -0.1) is 10.2 Å². The van der Waals surface area contributed by atoms with Crippen LogP contribution >= 0.6 is 11.8 Å². The number of primary sulfonamides is 1. The fraction of sp³-hybridized carbons (Fsp3) is 0.318. The quantitative estimate of drug-likeness (QED) is 0.529. The van der Waals surface area contributed by atoms with E-state index in [1.54, 1.807) is 19.1 Å². The number of carbonyl (C=O) groups is 1. The average molecular weight is 474 g/mol. The fourth-order valence-corrected chi connectivity index (χ4v) is 4.64. The predicted molar refractivity (Wildman–Crippen MR) is 127 cm³/mol. The standard InChI is InChI=1S/C22H27N5O3S2/c1-14-6-11-17(12-18(14)32(23,29)30)24-19(28)13-31-21-26-25-20(27(21)5)15-7-9-16(10-8-15)22(2,3)4/h6-12H,13H2,1-5H3,(H,24,28)(H2,23,29,30). The van der Waals surface area contributed by atoms with Crippen LogP contribution in [0.25, 0.3) is 11.4 Å². The molecule has 1 heterocycles. The Balaban J connectivity index is 1.67. The zero-order valence-electron chi connectivity index (χ0n) is 18.7. The van der Waals surface area contributed by atoms with E-state index in [1.807, 2.05) is 23.7 Å². The van der Waals surface area contributed by atoms with Crippen molar-refractivity contribution in [3.05, 3.63) is 53.6 Å². The smallest absolute Gasteiger partial charge is 0.238 e. The van der Waals surface area contributed by atoms with Crippen LogP contribution in [0, 0.1) is 6.92 Å². The third kappa shape index (κ3) is 5.56. The van der Waals surface area contributed by atoms with E-state index >= 15 is 0 Å². The van der Waals surface area contributed by atoms with Crippen molar-refractivity contribution in [3.8, 4) is 11.4 Å². The van der Waals surface area contributed by atoms with Crippen molar-refractivity contribution < 1.29 is 13.2 Å². The summed E-state index contributed by atoms with van der Waals surface area (Å²) in [6.07, 6.45) is 0. The lowest BCUT2D eigenvalue weighted by Crippen LogP contribution is -2.17. The average Bonchev–Trinajstić information content (AvgIpc) is 3.07. The van der Waals surface area contributed by atoms with Crippen LogP contribution in [0.4, 0.5) is 5.69 Å². The lowest BCUT2D eigenvalue weighted by molar-refractivity contribution is -0.113. The number of hydrogen-bond acceptors (Lipinski definition) is 6. The van der Waals surface area contributed by atoms with E-state index in [0.717, 1.165) is 5.56 Å². The van der Waals surface area contributed by atoms with E-state index < -0.39 is 10.0 Å². The van der Waals surface area contributed by atoms with Crippen LogP contribution in [-0.4, -0.2) is 34.8 Å². The molecule has 8 nitrogen and oxygen atoms in total. The van der Waals surface area contributed by atoms with Crippen molar-refractivity contribution in [1.82, 2.24) is 14.8 Å². The van der Waals surface area contributed by atoms with Crippen LogP contribution in [0.2, 0.25) is 0 Å². The van der Waals surface area contributed by atoms with Gasteiger partial charge in [0, 0.05) is 18.3 Å². The van der Waals surface area contributed by atoms with E-state index in [0.29, 0.717) is 22.2 Å². The highest BCUT2D eigenvalue weighted by molar-refractivity contribution is 7.99. The molecule has 0 spiro atoms. The van der Waals surface area contributed by atoms with Crippen LogP contribution in [-0.2, 0) is 27.3 Å². The maximum Gasteiger partial charge on any atom is 0.238 e. The summed E-state index contributed by atoms with van der Waals surface area (Å²) in [5.74, 6) is 0.510. The largest absolute Gasteiger partial charge is 0.325 e. The number of rotatable bonds is 6. The highest BCUT2D eigenvalue weighted by Crippen LogP contribution is 2.27. The van der Waals surface area contributed by atoms with Crippen molar-refractivity contribution in [3.63, 3.8) is 0 Å². The number of anilines is 1. The Morgan fingerprint density at radius 3 is 2.38 bits per heavy atom. The zero-order valence-corrected chi connectivity index (χ0v) is 20.3. The molecular weight excluding hydrogens is 446 g/mol. The van der Waals surface area contributed by atoms with Gasteiger partial charge in [0.25, 0.3) is 0 Å². The molecule has 0 unspecified atom stereocenters. The van der Waals surface area contributed by atoms with Gasteiger partial charge in [-0.2, -0.15) is 0 Å². The minimum atomic E-state index is -3.87. The second-order valence-corrected chi connectivity index (χ2v) is 11.0. The number of carbonyl (C=O) groups excluding carboxylic acids is 1. The third-order valence-corrected chi connectivity index (χ3v) is 7.03. The molecule has 0 radical (unpaired) electrons. The lowest BCUT2D eigenvalue weighted by Gasteiger charge is -2.19. The first-order chi connectivity index (χ1) is 14.9. The number of amides is 1. The van der Waals surface area contributed by atoms with E-state index in [4.69, 9.17) is 5.14 Å². The Bertz CT molecular complexity index is 1240. The number of hydrogen-bond donors (Lipinski definition) is 2. The van der Waals surface area contributed by atoms with Gasteiger partial charge in [0.05, 0.1) is 10.6 Å². The van der Waals surface area contributed by atoms with E-state index in [1.165, 1.54) is 23.4 Å². The van der Waals surface area contributed by atoms with Gasteiger partial charge in [-0.05, 0) is 35.6 Å². The van der Waals surface area contributed by atoms with Gasteiger partial charge in [0.15, 0.2) is 11.0 Å². The maximum absolute atomic E-state index is 12.4. The first kappa shape index (κ1) is 24.0. The molecule has 0 aliphatic heterocycles. The van der Waals surface area contributed by atoms with E-state index in [-0.39, 0.29) is 22.0 Å². The summed E-state index contributed by atoms with van der Waals surface area (Å²) in [7, 11) is -2.01. The van der Waals surface area contributed by atoms with Gasteiger partial charge >= 0.3 is 0 Å². The second-order valence-electron chi connectivity index (χ2n) is 8.55. The van der Waals surface area contributed by atoms with E-state index in [9.17, 15) is 13.2 Å². The van der Waals surface area contributed by atoms with Crippen LogP contribution in [0.1, 0.15) is 31.9 Å². The lowest BCUT2D eigenvalue weighted by atomic mass is 9.87. The molecule has 1 amide bonds. The fourth-order valence-electron chi connectivity index (χ4n) is 3.12. The number of aryl methyl sites for hydroxylation is 1. The van der Waals surface area contributed by atoms with Crippen molar-refractivity contribution >= 4 is 33.4 Å². The monoisotopic (exact) mass is 473 g/mol. The molecule has 0 atom stereocenters. The molecule has 0 fully saturated rings. The summed E-state index contributed by atoms with van der Waals surface area (Å²) in [6, 6.07) is 12.8. The van der Waals surface area contributed by atoms with Gasteiger partial charge in [0.2, 0.25) is 15.9 Å². The van der Waals surface area contributed by atoms with Gasteiger partial charge in [0.1, 0.15) is 0 Å². The summed E-state index contributed by atoms with van der Waals surface area (Å²) in [4.78, 5) is 12.4. The zero-order chi connectivity index (χ0) is 23.7. The number of thioether (sulfide) groups is 1. The molecule has 0 bridgehead atoms. The summed E-state index contributed by atoms with van der Waals surface area (Å²) in [6.45, 7) is 8.13. The molecule has 3 rings (SSSR count). The number of aromatic nitrogens is 3. The molecule has 3 aromatic rings. The SMILES string of the molecule is Cc1ccc(NC(=O)CSc2nnc(-c3ccc(C(C)(C)C)cc3)n2C)cc1S(N)(=O)=O. The highest BCUT2D eigenvalue weighted by atomic mass is 32.2. The number of sulfonamides is 1. The summed E-state index contributed by atoms with van der Waals surface area (Å²) in [5.41, 5.74) is 3.13. The molecular formula is C22H27N5O3S2. The van der Waals surface area contributed by atoms with Crippen LogP contribution in [0.3, 0.4) is 0 Å². The molecule has 1 aromatic heterocycles. The molecule has 2 aromatic carbocycles. The third-order valence-electron chi connectivity index (χ3n) is 4.95. The second kappa shape index (κ2) is 9.05. The molecule has 0 saturated carbocycles. The molecule has 0 aliphatic rings. The van der Waals surface area contributed by atoms with Crippen molar-refractivity contribution in [2.24, 2.45) is 12.2 Å². The topological polar surface area (TPSA) is 120 Å². The van der Waals surface area contributed by atoms with E-state index in [2.05, 4.69) is 48.4 Å². The van der Waals surface area contributed by atoms with Gasteiger partial charge < -0.3 is 9.88 Å². The summed E-state index contributed by atoms with van der Waals surface area (Å²) < 4.78 is 25.2. The molecule has 0 aliphatic carbocycles. The maximum atomic E-state index is 12.4. The van der Waals surface area contributed by atoms with Crippen molar-refractivity contribution in [2.75, 3.05) is 11.1 Å². The summed E-state index contributed by atoms with van der Waals surface area (Å²) in [5, 5.41) is 17.0. The normalized spacial score (nSPS) is 12.1. The van der Waals surface area contributed by atoms with Gasteiger partial charge in [-0.3, -0.25) is 4.79 Å². The first-order valence-electron chi connectivity index (χ1n) is 9.92. The number of nitrogens with one attached hydrogen (secondary N) is 1. The Morgan fingerprint density at radius 1 is 1.12 bits per heavy atom. The Hall–Kier alpha value is -2.69. The number of nitrogens with zero attached hydrogens (tertiary/aromatic N) is 3. The molecule has 32 heavy (non-hydrogen) atoms. The highest BCUT2D eigenvalue weighted by Gasteiger charge is 2.17. The Kier molecular flexibility index (Phi) is 6.77. The molecule has 0 saturated heterocycles. The van der Waals surface area contributed by atoms with Crippen LogP contribution < -0.4 is 10.5 Å². The van der Waals surface area contributed by atoms with Crippen LogP contribution in [0.15, 0.2) is 52.5 Å². The van der Waals surface area contributed by atoms with Crippen LogP contribution in [0.5, 0.6) is 0 Å². The van der Waals surface area contributed by atoms with Crippen molar-refractivity contribution in [2.45, 2.75) is 43.2 Å². The number of nitrogens with two attached hydrogens (primary N) is 1. The predicted octanol–water partition coefficient (Wildman–Crippen LogP) is 3.47. The van der Waals surface area contributed by atoms with Gasteiger partial charge in [-0.1, -0.05) is 62.9 Å². The Labute approximate surface area is 192 Å². The molecule has 3 N–H and O–H groups in total.